The van der Waals surface area contributed by atoms with E-state index in [1.165, 1.54) is 6.42 Å². The molecule has 0 spiro atoms. The van der Waals surface area contributed by atoms with Crippen molar-refractivity contribution in [1.82, 2.24) is 4.90 Å². The molecule has 6 heteroatoms. The predicted molar refractivity (Wildman–Crippen MR) is 121 cm³/mol. The summed E-state index contributed by atoms with van der Waals surface area (Å²) in [6.07, 6.45) is 3.20. The second-order valence-corrected chi connectivity index (χ2v) is 7.78. The molecule has 1 aliphatic heterocycles. The highest BCUT2D eigenvalue weighted by Crippen LogP contribution is 2.22. The molecule has 3 N–H and O–H groups in total. The standard InChI is InChI=1S/C23H29N3O2.ClH/c1-16-6-5-13-26(15-16)23(28)19-9-11-21(17(2)14-19)25-22(27)12-10-18-7-3-4-8-20(18)24;/h3-4,7-9,11,14,16H,5-6,10,12-13,15,24H2,1-2H3,(H,25,27);1H. The molecule has 1 heterocycles. The van der Waals surface area contributed by atoms with Gasteiger partial charge in [-0.25, -0.2) is 0 Å². The van der Waals surface area contributed by atoms with Gasteiger partial charge in [-0.3, -0.25) is 9.59 Å². The number of rotatable bonds is 5. The Hall–Kier alpha value is -2.53. The zero-order chi connectivity index (χ0) is 20.1. The molecule has 1 aliphatic rings. The minimum Gasteiger partial charge on any atom is -0.399 e. The number of nitrogens with one attached hydrogen (secondary N) is 1. The van der Waals surface area contributed by atoms with E-state index in [0.29, 0.717) is 30.0 Å². The van der Waals surface area contributed by atoms with Crippen LogP contribution >= 0.6 is 12.4 Å². The van der Waals surface area contributed by atoms with Crippen molar-refractivity contribution >= 4 is 35.6 Å². The first-order valence-corrected chi connectivity index (χ1v) is 9.97. The molecule has 0 saturated carbocycles. The van der Waals surface area contributed by atoms with Crippen molar-refractivity contribution in [3.8, 4) is 0 Å². The Morgan fingerprint density at radius 1 is 1.21 bits per heavy atom. The third-order valence-electron chi connectivity index (χ3n) is 5.37. The van der Waals surface area contributed by atoms with Crippen molar-refractivity contribution in [2.24, 2.45) is 5.92 Å². The number of nitrogens with zero attached hydrogens (tertiary/aromatic N) is 1. The summed E-state index contributed by atoms with van der Waals surface area (Å²) < 4.78 is 0. The van der Waals surface area contributed by atoms with E-state index in [4.69, 9.17) is 5.73 Å². The Morgan fingerprint density at radius 2 is 1.97 bits per heavy atom. The Labute approximate surface area is 179 Å². The second-order valence-electron chi connectivity index (χ2n) is 7.78. The van der Waals surface area contributed by atoms with Gasteiger partial charge in [-0.2, -0.15) is 0 Å². The molecular weight excluding hydrogens is 386 g/mol. The van der Waals surface area contributed by atoms with Gasteiger partial charge < -0.3 is 16.0 Å². The fraction of sp³-hybridized carbons (Fsp3) is 0.391. The van der Waals surface area contributed by atoms with Crippen LogP contribution in [0, 0.1) is 12.8 Å². The Kier molecular flexibility index (Phi) is 8.09. The highest BCUT2D eigenvalue weighted by atomic mass is 35.5. The molecule has 1 atom stereocenters. The number of likely N-dealkylation sites (tertiary alicyclic amines) is 1. The average molecular weight is 416 g/mol. The number of nitrogen functional groups attached to an aromatic ring is 1. The maximum absolute atomic E-state index is 12.7. The molecule has 0 radical (unpaired) electrons. The van der Waals surface area contributed by atoms with Gasteiger partial charge in [0.2, 0.25) is 5.91 Å². The lowest BCUT2D eigenvalue weighted by Gasteiger charge is -2.31. The molecule has 1 unspecified atom stereocenters. The number of nitrogens with two attached hydrogens (primary N) is 1. The van der Waals surface area contributed by atoms with E-state index in [9.17, 15) is 9.59 Å². The lowest BCUT2D eigenvalue weighted by atomic mass is 9.99. The van der Waals surface area contributed by atoms with E-state index < -0.39 is 0 Å². The normalized spacial score (nSPS) is 16.1. The number of hydrogen-bond acceptors (Lipinski definition) is 3. The van der Waals surface area contributed by atoms with Crippen LogP contribution in [0.15, 0.2) is 42.5 Å². The summed E-state index contributed by atoms with van der Waals surface area (Å²) in [4.78, 5) is 27.0. The summed E-state index contributed by atoms with van der Waals surface area (Å²) in [6, 6.07) is 13.1. The van der Waals surface area contributed by atoms with E-state index in [2.05, 4.69) is 12.2 Å². The van der Waals surface area contributed by atoms with Gasteiger partial charge in [-0.15, -0.1) is 12.4 Å². The first kappa shape index (κ1) is 22.8. The largest absolute Gasteiger partial charge is 0.399 e. The molecule has 2 aromatic carbocycles. The minimum absolute atomic E-state index is 0. The van der Waals surface area contributed by atoms with Gasteiger partial charge in [0.25, 0.3) is 5.91 Å². The van der Waals surface area contributed by atoms with Crippen LogP contribution in [0.5, 0.6) is 0 Å². The first-order chi connectivity index (χ1) is 13.4. The van der Waals surface area contributed by atoms with Crippen molar-refractivity contribution in [2.45, 2.75) is 39.5 Å². The zero-order valence-corrected chi connectivity index (χ0v) is 17.9. The predicted octanol–water partition coefficient (Wildman–Crippen LogP) is 4.44. The van der Waals surface area contributed by atoms with Gasteiger partial charge >= 0.3 is 0 Å². The molecule has 156 valence electrons. The van der Waals surface area contributed by atoms with Crippen LogP contribution in [0.25, 0.3) is 0 Å². The number of carbonyl (C=O) groups excluding carboxylic acids is 2. The monoisotopic (exact) mass is 415 g/mol. The van der Waals surface area contributed by atoms with Crippen molar-refractivity contribution in [3.63, 3.8) is 0 Å². The van der Waals surface area contributed by atoms with Crippen LogP contribution in [-0.4, -0.2) is 29.8 Å². The topological polar surface area (TPSA) is 75.4 Å². The maximum Gasteiger partial charge on any atom is 0.253 e. The maximum atomic E-state index is 12.7. The number of hydrogen-bond donors (Lipinski definition) is 2. The van der Waals surface area contributed by atoms with Crippen molar-refractivity contribution in [1.29, 1.82) is 0 Å². The number of aryl methyl sites for hydroxylation is 2. The van der Waals surface area contributed by atoms with Crippen LogP contribution in [-0.2, 0) is 11.2 Å². The summed E-state index contributed by atoms with van der Waals surface area (Å²) in [5.74, 6) is 0.568. The molecule has 3 rings (SSSR count). The van der Waals surface area contributed by atoms with Gasteiger partial charge in [0.15, 0.2) is 0 Å². The zero-order valence-electron chi connectivity index (χ0n) is 17.1. The fourth-order valence-electron chi connectivity index (χ4n) is 3.72. The van der Waals surface area contributed by atoms with E-state index in [1.54, 1.807) is 6.07 Å². The Balaban J connectivity index is 0.00000300. The first-order valence-electron chi connectivity index (χ1n) is 9.97. The van der Waals surface area contributed by atoms with E-state index in [1.807, 2.05) is 48.2 Å². The molecule has 2 aromatic rings. The van der Waals surface area contributed by atoms with Crippen LogP contribution in [0.3, 0.4) is 0 Å². The molecule has 0 aliphatic carbocycles. The molecule has 1 saturated heterocycles. The quantitative estimate of drug-likeness (QED) is 0.708. The molecule has 0 bridgehead atoms. The summed E-state index contributed by atoms with van der Waals surface area (Å²) in [6.45, 7) is 5.75. The third-order valence-corrected chi connectivity index (χ3v) is 5.37. The molecule has 2 amide bonds. The summed E-state index contributed by atoms with van der Waals surface area (Å²) in [5, 5.41) is 2.95. The number of amides is 2. The molecular formula is C23H30ClN3O2. The van der Waals surface area contributed by atoms with Gasteiger partial charge in [0.1, 0.15) is 0 Å². The van der Waals surface area contributed by atoms with Gasteiger partial charge in [-0.1, -0.05) is 25.1 Å². The number of piperidine rings is 1. The Morgan fingerprint density at radius 3 is 2.66 bits per heavy atom. The summed E-state index contributed by atoms with van der Waals surface area (Å²) in [5.41, 5.74) is 9.94. The molecule has 1 fully saturated rings. The summed E-state index contributed by atoms with van der Waals surface area (Å²) in [7, 11) is 0. The van der Waals surface area contributed by atoms with Crippen LogP contribution in [0.2, 0.25) is 0 Å². The van der Waals surface area contributed by atoms with Gasteiger partial charge in [-0.05, 0) is 67.5 Å². The van der Waals surface area contributed by atoms with Crippen molar-refractivity contribution in [3.05, 3.63) is 59.2 Å². The lowest BCUT2D eigenvalue weighted by Crippen LogP contribution is -2.39. The van der Waals surface area contributed by atoms with Crippen LogP contribution < -0.4 is 11.1 Å². The molecule has 29 heavy (non-hydrogen) atoms. The fourth-order valence-corrected chi connectivity index (χ4v) is 3.72. The van der Waals surface area contributed by atoms with Gasteiger partial charge in [0, 0.05) is 36.4 Å². The number of halogens is 1. The summed E-state index contributed by atoms with van der Waals surface area (Å²) >= 11 is 0. The van der Waals surface area contributed by atoms with Crippen molar-refractivity contribution < 1.29 is 9.59 Å². The van der Waals surface area contributed by atoms with Crippen molar-refractivity contribution in [2.75, 3.05) is 24.1 Å². The Bertz CT molecular complexity index is 869. The minimum atomic E-state index is -0.0599. The second kappa shape index (κ2) is 10.3. The number of carbonyl (C=O) groups is 2. The molecule has 0 aromatic heterocycles. The third kappa shape index (κ3) is 5.97. The van der Waals surface area contributed by atoms with Crippen LogP contribution in [0.4, 0.5) is 11.4 Å². The van der Waals surface area contributed by atoms with E-state index >= 15 is 0 Å². The SMILES string of the molecule is Cc1cc(C(=O)N2CCCC(C)C2)ccc1NC(=O)CCc1ccccc1N.Cl. The number of benzene rings is 2. The van der Waals surface area contributed by atoms with E-state index in [-0.39, 0.29) is 24.2 Å². The average Bonchev–Trinajstić information content (AvgIpc) is 2.68. The smallest absolute Gasteiger partial charge is 0.253 e. The van der Waals surface area contributed by atoms with E-state index in [0.717, 1.165) is 36.3 Å². The number of anilines is 2. The molecule has 5 nitrogen and oxygen atoms in total. The highest BCUT2D eigenvalue weighted by molar-refractivity contribution is 5.96. The van der Waals surface area contributed by atoms with Crippen LogP contribution in [0.1, 0.15) is 47.7 Å². The number of para-hydroxylation sites is 1. The lowest BCUT2D eigenvalue weighted by molar-refractivity contribution is -0.116. The van der Waals surface area contributed by atoms with Gasteiger partial charge in [0.05, 0.1) is 0 Å². The highest BCUT2D eigenvalue weighted by Gasteiger charge is 2.22.